The maximum Gasteiger partial charge on any atom is 0.169 e. The highest BCUT2D eigenvalue weighted by molar-refractivity contribution is 5.68. The fraction of sp³-hybridized carbons (Fsp3) is 0.375. The van der Waals surface area contributed by atoms with Crippen LogP contribution in [0.25, 0.3) is 11.3 Å². The number of nitrogen functional groups attached to an aromatic ring is 1. The van der Waals surface area contributed by atoms with Gasteiger partial charge in [-0.15, -0.1) is 0 Å². The van der Waals surface area contributed by atoms with Gasteiger partial charge in [0.15, 0.2) is 11.6 Å². The molecule has 0 saturated heterocycles. The summed E-state index contributed by atoms with van der Waals surface area (Å²) in [5.41, 5.74) is 8.86. The van der Waals surface area contributed by atoms with E-state index >= 15 is 0 Å². The van der Waals surface area contributed by atoms with Gasteiger partial charge in [0, 0.05) is 31.9 Å². The Morgan fingerprint density at radius 3 is 2.71 bits per heavy atom. The molecule has 5 nitrogen and oxygen atoms in total. The average molecular weight is 285 g/mol. The van der Waals surface area contributed by atoms with Crippen molar-refractivity contribution in [3.05, 3.63) is 30.5 Å². The van der Waals surface area contributed by atoms with E-state index in [1.807, 2.05) is 26.2 Å². The lowest BCUT2D eigenvalue weighted by Crippen LogP contribution is -2.12. The summed E-state index contributed by atoms with van der Waals surface area (Å²) in [6.07, 6.45) is 1.71. The molecule has 0 fully saturated rings. The number of nitrogens with one attached hydrogen (secondary N) is 1. The number of benzene rings is 1. The van der Waals surface area contributed by atoms with Crippen molar-refractivity contribution in [3.8, 4) is 11.3 Å². The van der Waals surface area contributed by atoms with Crippen molar-refractivity contribution >= 4 is 17.3 Å². The van der Waals surface area contributed by atoms with Crippen LogP contribution in [0.4, 0.5) is 17.3 Å². The second-order valence-corrected chi connectivity index (χ2v) is 5.71. The Morgan fingerprint density at radius 2 is 2.05 bits per heavy atom. The summed E-state index contributed by atoms with van der Waals surface area (Å²) in [4.78, 5) is 10.9. The van der Waals surface area contributed by atoms with Crippen molar-refractivity contribution in [1.29, 1.82) is 0 Å². The monoisotopic (exact) mass is 285 g/mol. The largest absolute Gasteiger partial charge is 0.381 e. The number of nitrogens with two attached hydrogens (primary N) is 1. The van der Waals surface area contributed by atoms with Crippen LogP contribution < -0.4 is 16.0 Å². The number of hydrogen-bond donors (Lipinski definition) is 2. The third kappa shape index (κ3) is 3.84. The van der Waals surface area contributed by atoms with Gasteiger partial charge in [0.2, 0.25) is 0 Å². The zero-order chi connectivity index (χ0) is 15.4. The summed E-state index contributed by atoms with van der Waals surface area (Å²) in [6.45, 7) is 5.10. The minimum atomic E-state index is 0.433. The summed E-state index contributed by atoms with van der Waals surface area (Å²) >= 11 is 0. The molecule has 0 bridgehead atoms. The van der Waals surface area contributed by atoms with Gasteiger partial charge in [0.1, 0.15) is 0 Å². The highest BCUT2D eigenvalue weighted by Crippen LogP contribution is 2.24. The van der Waals surface area contributed by atoms with Crippen LogP contribution in [0.2, 0.25) is 0 Å². The van der Waals surface area contributed by atoms with Gasteiger partial charge in [-0.05, 0) is 18.1 Å². The number of anilines is 3. The zero-order valence-corrected chi connectivity index (χ0v) is 13.1. The quantitative estimate of drug-likeness (QED) is 0.884. The first-order valence-corrected chi connectivity index (χ1v) is 7.11. The molecule has 2 rings (SSSR count). The van der Waals surface area contributed by atoms with Crippen LogP contribution in [-0.4, -0.2) is 30.6 Å². The Morgan fingerprint density at radius 1 is 1.29 bits per heavy atom. The molecule has 0 saturated carbocycles. The van der Waals surface area contributed by atoms with E-state index in [4.69, 9.17) is 5.73 Å². The van der Waals surface area contributed by atoms with Crippen LogP contribution in [0.5, 0.6) is 0 Å². The summed E-state index contributed by atoms with van der Waals surface area (Å²) in [5, 5.41) is 3.25. The van der Waals surface area contributed by atoms with Crippen molar-refractivity contribution in [2.75, 3.05) is 36.6 Å². The van der Waals surface area contributed by atoms with E-state index in [1.165, 1.54) is 0 Å². The molecule has 0 radical (unpaired) electrons. The van der Waals surface area contributed by atoms with Gasteiger partial charge in [-0.25, -0.2) is 9.97 Å². The fourth-order valence-electron chi connectivity index (χ4n) is 1.91. The van der Waals surface area contributed by atoms with Crippen LogP contribution in [-0.2, 0) is 0 Å². The molecule has 1 aromatic heterocycles. The minimum Gasteiger partial charge on any atom is -0.381 e. The van der Waals surface area contributed by atoms with E-state index in [-0.39, 0.29) is 0 Å². The van der Waals surface area contributed by atoms with Crippen LogP contribution in [0, 0.1) is 5.92 Å². The molecule has 3 N–H and O–H groups in total. The van der Waals surface area contributed by atoms with Gasteiger partial charge in [-0.1, -0.05) is 26.0 Å². The number of rotatable bonds is 5. The van der Waals surface area contributed by atoms with Gasteiger partial charge in [-0.3, -0.25) is 0 Å². The molecule has 0 unspecified atom stereocenters. The van der Waals surface area contributed by atoms with Crippen molar-refractivity contribution in [2.24, 2.45) is 5.92 Å². The molecule has 1 heterocycles. The molecular formula is C16H23N5. The van der Waals surface area contributed by atoms with Crippen molar-refractivity contribution in [1.82, 2.24) is 9.97 Å². The number of aromatic nitrogens is 2. The van der Waals surface area contributed by atoms with E-state index in [2.05, 4.69) is 46.2 Å². The molecule has 112 valence electrons. The highest BCUT2D eigenvalue weighted by Gasteiger charge is 2.08. The smallest absolute Gasteiger partial charge is 0.169 e. The van der Waals surface area contributed by atoms with E-state index in [0.717, 1.165) is 23.5 Å². The van der Waals surface area contributed by atoms with Gasteiger partial charge >= 0.3 is 0 Å². The number of hydrogen-bond acceptors (Lipinski definition) is 5. The maximum absolute atomic E-state index is 5.89. The zero-order valence-electron chi connectivity index (χ0n) is 13.1. The Bertz CT molecular complexity index is 607. The van der Waals surface area contributed by atoms with Crippen LogP contribution >= 0.6 is 0 Å². The molecule has 0 spiro atoms. The Hall–Kier alpha value is -2.30. The van der Waals surface area contributed by atoms with Crippen molar-refractivity contribution in [3.63, 3.8) is 0 Å². The third-order valence-electron chi connectivity index (χ3n) is 3.14. The molecule has 0 aliphatic carbocycles. The van der Waals surface area contributed by atoms with Crippen molar-refractivity contribution < 1.29 is 0 Å². The lowest BCUT2D eigenvalue weighted by molar-refractivity contribution is 0.687. The second kappa shape index (κ2) is 6.43. The third-order valence-corrected chi connectivity index (χ3v) is 3.14. The van der Waals surface area contributed by atoms with Gasteiger partial charge < -0.3 is 16.0 Å². The molecular weight excluding hydrogens is 262 g/mol. The predicted molar refractivity (Wildman–Crippen MR) is 89.5 cm³/mol. The molecule has 21 heavy (non-hydrogen) atoms. The molecule has 0 aliphatic heterocycles. The first kappa shape index (κ1) is 15.1. The SMILES string of the molecule is CC(C)CNc1nc(-c2cccc(N(C)C)c2)cnc1N. The van der Waals surface area contributed by atoms with E-state index in [1.54, 1.807) is 6.20 Å². The molecule has 2 aromatic rings. The summed E-state index contributed by atoms with van der Waals surface area (Å²) in [6, 6.07) is 8.20. The first-order chi connectivity index (χ1) is 9.97. The summed E-state index contributed by atoms with van der Waals surface area (Å²) in [7, 11) is 4.03. The molecule has 1 aromatic carbocycles. The van der Waals surface area contributed by atoms with Crippen LogP contribution in [0.1, 0.15) is 13.8 Å². The highest BCUT2D eigenvalue weighted by atomic mass is 15.1. The average Bonchev–Trinajstić information content (AvgIpc) is 2.46. The lowest BCUT2D eigenvalue weighted by atomic mass is 10.1. The Labute approximate surface area is 126 Å². The summed E-state index contributed by atoms with van der Waals surface area (Å²) in [5.74, 6) is 1.60. The second-order valence-electron chi connectivity index (χ2n) is 5.71. The standard InChI is InChI=1S/C16H23N5/c1-11(2)9-19-16-15(17)18-10-14(20-16)12-6-5-7-13(8-12)21(3)4/h5-8,10-11H,9H2,1-4H3,(H2,17,18)(H,19,20). The predicted octanol–water partition coefficient (Wildman–Crippen LogP) is 2.86. The minimum absolute atomic E-state index is 0.433. The molecule has 5 heteroatoms. The topological polar surface area (TPSA) is 67.1 Å². The van der Waals surface area contributed by atoms with E-state index < -0.39 is 0 Å². The molecule has 0 aliphatic rings. The van der Waals surface area contributed by atoms with Gasteiger partial charge in [0.25, 0.3) is 0 Å². The van der Waals surface area contributed by atoms with E-state index in [9.17, 15) is 0 Å². The van der Waals surface area contributed by atoms with Gasteiger partial charge in [-0.2, -0.15) is 0 Å². The lowest BCUT2D eigenvalue weighted by Gasteiger charge is -2.14. The summed E-state index contributed by atoms with van der Waals surface area (Å²) < 4.78 is 0. The van der Waals surface area contributed by atoms with Crippen molar-refractivity contribution in [2.45, 2.75) is 13.8 Å². The molecule has 0 atom stereocenters. The molecule has 0 amide bonds. The Balaban J connectivity index is 2.31. The van der Waals surface area contributed by atoms with E-state index in [0.29, 0.717) is 17.6 Å². The maximum atomic E-state index is 5.89. The van der Waals surface area contributed by atoms with Crippen LogP contribution in [0.3, 0.4) is 0 Å². The van der Waals surface area contributed by atoms with Crippen LogP contribution in [0.15, 0.2) is 30.5 Å². The Kier molecular flexibility index (Phi) is 4.62. The fourth-order valence-corrected chi connectivity index (χ4v) is 1.91. The first-order valence-electron chi connectivity index (χ1n) is 7.11. The number of nitrogens with zero attached hydrogens (tertiary/aromatic N) is 3. The normalized spacial score (nSPS) is 10.7. The van der Waals surface area contributed by atoms with Gasteiger partial charge in [0.05, 0.1) is 11.9 Å².